The number of piperidine rings is 1. The molecule has 4 amide bonds. The predicted molar refractivity (Wildman–Crippen MR) is 230 cm³/mol. The van der Waals surface area contributed by atoms with Crippen LogP contribution < -0.4 is 21.1 Å². The van der Waals surface area contributed by atoms with Crippen LogP contribution in [0.2, 0.25) is 0 Å². The van der Waals surface area contributed by atoms with Crippen molar-refractivity contribution in [3.63, 3.8) is 0 Å². The molecule has 332 valence electrons. The minimum Gasteiger partial charge on any atom is -0.368 e. The molecule has 4 saturated carbocycles. The first-order valence-corrected chi connectivity index (χ1v) is 24.2. The van der Waals surface area contributed by atoms with E-state index in [1.807, 2.05) is 26.8 Å². The van der Waals surface area contributed by atoms with Crippen LogP contribution >= 0.6 is 0 Å². The summed E-state index contributed by atoms with van der Waals surface area (Å²) in [6.45, 7) is 23.5. The molecule has 1 unspecified atom stereocenters. The second-order valence-corrected chi connectivity index (χ2v) is 22.2. The van der Waals surface area contributed by atoms with Crippen molar-refractivity contribution in [2.75, 3.05) is 32.7 Å². The first-order chi connectivity index (χ1) is 27.7. The number of nitrogens with zero attached hydrogens (tertiary/aromatic N) is 3. The van der Waals surface area contributed by atoms with E-state index in [1.54, 1.807) is 4.90 Å². The normalized spacial score (nSPS) is 31.3. The van der Waals surface area contributed by atoms with Gasteiger partial charge in [-0.05, 0) is 105 Å². The van der Waals surface area contributed by atoms with Gasteiger partial charge in [0, 0.05) is 36.7 Å². The number of primary amides is 1. The fraction of sp³-hybridized carbons (Fsp3) is 0.822. The lowest BCUT2D eigenvalue weighted by Crippen LogP contribution is -2.62. The maximum atomic E-state index is 14.4. The van der Waals surface area contributed by atoms with Gasteiger partial charge >= 0.3 is 10.2 Å². The van der Waals surface area contributed by atoms with Crippen LogP contribution in [0.15, 0.2) is 24.9 Å². The van der Waals surface area contributed by atoms with Gasteiger partial charge in [0.05, 0.1) is 6.04 Å². The monoisotopic (exact) mass is 842 g/mol. The van der Waals surface area contributed by atoms with E-state index in [4.69, 9.17) is 5.73 Å². The number of allylic oxidation sites excluding steroid dienone is 2. The Kier molecular flexibility index (Phi) is 13.5. The number of rotatable bonds is 13. The van der Waals surface area contributed by atoms with Gasteiger partial charge in [0.15, 0.2) is 0 Å². The van der Waals surface area contributed by atoms with Crippen molar-refractivity contribution in [1.29, 1.82) is 0 Å². The quantitative estimate of drug-likeness (QED) is 0.189. The highest BCUT2D eigenvalue weighted by molar-refractivity contribution is 7.87. The molecule has 0 bridgehead atoms. The SMILES string of the molecule is C=C[C@@H]1C[C@@H]1C(=C)NS(=O)(=O)N1CCCCC1.CCN1CCC[C@H]1C(=O)NC(C(=O)N[C@H](C(=O)N1C[C@]2(C[C@H]1C(N)=O)C(C)(C)C21CCC1)C(C)(C)C)C1CCCCC1. The van der Waals surface area contributed by atoms with Gasteiger partial charge in [-0.25, -0.2) is 0 Å². The van der Waals surface area contributed by atoms with E-state index in [2.05, 4.69) is 54.2 Å². The molecule has 4 aliphatic carbocycles. The summed E-state index contributed by atoms with van der Waals surface area (Å²) >= 11 is 0. The van der Waals surface area contributed by atoms with Gasteiger partial charge in [0.2, 0.25) is 23.6 Å². The summed E-state index contributed by atoms with van der Waals surface area (Å²) in [5, 5.41) is 6.27. The first kappa shape index (κ1) is 45.6. The number of amides is 4. The maximum Gasteiger partial charge on any atom is 0.301 e. The molecule has 3 heterocycles. The highest BCUT2D eigenvalue weighted by Gasteiger charge is 2.85. The fourth-order valence-electron chi connectivity index (χ4n) is 12.0. The van der Waals surface area contributed by atoms with E-state index in [-0.39, 0.29) is 51.8 Å². The zero-order chi connectivity index (χ0) is 43.1. The highest BCUT2D eigenvalue weighted by atomic mass is 32.2. The Morgan fingerprint density at radius 2 is 1.53 bits per heavy atom. The molecule has 0 aromatic rings. The number of hydrogen-bond acceptors (Lipinski definition) is 7. The summed E-state index contributed by atoms with van der Waals surface area (Å²) in [7, 11) is -3.37. The molecule has 0 aromatic carbocycles. The Morgan fingerprint density at radius 1 is 0.881 bits per heavy atom. The van der Waals surface area contributed by atoms with Crippen LogP contribution in [0.1, 0.15) is 138 Å². The lowest BCUT2D eigenvalue weighted by molar-refractivity contribution is -0.144. The van der Waals surface area contributed by atoms with Crippen LogP contribution in [-0.4, -0.2) is 103 Å². The largest absolute Gasteiger partial charge is 0.368 e. The third kappa shape index (κ3) is 8.74. The lowest BCUT2D eigenvalue weighted by Gasteiger charge is -2.38. The summed E-state index contributed by atoms with van der Waals surface area (Å²) in [6.07, 6.45) is 16.6. The van der Waals surface area contributed by atoms with Crippen LogP contribution in [0.5, 0.6) is 0 Å². The number of nitrogens with two attached hydrogens (primary N) is 1. The van der Waals surface area contributed by atoms with Gasteiger partial charge in [-0.2, -0.15) is 12.7 Å². The highest BCUT2D eigenvalue weighted by Crippen LogP contribution is 2.88. The molecule has 13 nitrogen and oxygen atoms in total. The third-order valence-corrected chi connectivity index (χ3v) is 17.7. The van der Waals surface area contributed by atoms with Gasteiger partial charge in [0.1, 0.15) is 18.1 Å². The topological polar surface area (TPSA) is 174 Å². The van der Waals surface area contributed by atoms with Crippen molar-refractivity contribution in [3.8, 4) is 0 Å². The molecule has 59 heavy (non-hydrogen) atoms. The van der Waals surface area contributed by atoms with Crippen LogP contribution in [0.25, 0.3) is 0 Å². The Morgan fingerprint density at radius 3 is 2.05 bits per heavy atom. The van der Waals surface area contributed by atoms with Gasteiger partial charge in [-0.1, -0.05) is 86.3 Å². The average molecular weight is 842 g/mol. The number of carbonyl (C=O) groups is 4. The molecule has 14 heteroatoms. The second kappa shape index (κ2) is 17.4. The van der Waals surface area contributed by atoms with E-state index >= 15 is 0 Å². The van der Waals surface area contributed by atoms with Crippen molar-refractivity contribution in [2.45, 2.75) is 162 Å². The number of carbonyl (C=O) groups excluding carboxylic acids is 4. The van der Waals surface area contributed by atoms with E-state index in [9.17, 15) is 27.6 Å². The molecule has 2 spiro atoms. The van der Waals surface area contributed by atoms with Crippen LogP contribution in [-0.2, 0) is 29.4 Å². The minimum atomic E-state index is -3.37. The fourth-order valence-corrected chi connectivity index (χ4v) is 13.4. The molecular formula is C45H75N7O6S. The summed E-state index contributed by atoms with van der Waals surface area (Å²) < 4.78 is 28.2. The molecule has 5 N–H and O–H groups in total. The predicted octanol–water partition coefficient (Wildman–Crippen LogP) is 4.99. The second-order valence-electron chi connectivity index (χ2n) is 20.5. The first-order valence-electron chi connectivity index (χ1n) is 22.8. The van der Waals surface area contributed by atoms with E-state index in [1.165, 1.54) is 10.7 Å². The smallest absolute Gasteiger partial charge is 0.301 e. The summed E-state index contributed by atoms with van der Waals surface area (Å²) in [5.74, 6) is -0.420. The Balaban J connectivity index is 0.000000287. The Hall–Kier alpha value is -2.97. The molecule has 7 aliphatic rings. The Bertz CT molecular complexity index is 1730. The molecule has 0 aromatic heterocycles. The van der Waals surface area contributed by atoms with Crippen molar-refractivity contribution in [2.24, 2.45) is 45.1 Å². The van der Waals surface area contributed by atoms with E-state index in [0.29, 0.717) is 37.7 Å². The molecule has 3 saturated heterocycles. The summed E-state index contributed by atoms with van der Waals surface area (Å²) in [4.78, 5) is 58.7. The summed E-state index contributed by atoms with van der Waals surface area (Å²) in [6, 6.07) is -2.42. The van der Waals surface area contributed by atoms with Crippen molar-refractivity contribution >= 4 is 33.8 Å². The molecule has 3 aliphatic heterocycles. The van der Waals surface area contributed by atoms with Crippen LogP contribution in [0, 0.1) is 39.4 Å². The third-order valence-electron chi connectivity index (χ3n) is 16.1. The van der Waals surface area contributed by atoms with Gasteiger partial charge in [-0.3, -0.25) is 28.8 Å². The van der Waals surface area contributed by atoms with Gasteiger partial charge < -0.3 is 21.3 Å². The van der Waals surface area contributed by atoms with Crippen molar-refractivity contribution in [1.82, 2.24) is 29.5 Å². The number of likely N-dealkylation sites (N-methyl/N-ethyl adjacent to an activating group) is 1. The molecular weight excluding hydrogens is 767 g/mol. The van der Waals surface area contributed by atoms with Crippen molar-refractivity contribution < 1.29 is 27.6 Å². The number of fused-ring (bicyclic) bond motifs is 1. The average Bonchev–Trinajstić information content (AvgIpc) is 3.83. The maximum absolute atomic E-state index is 14.4. The molecule has 7 fully saturated rings. The lowest BCUT2D eigenvalue weighted by atomic mass is 9.73. The van der Waals surface area contributed by atoms with Gasteiger partial charge in [-0.15, -0.1) is 6.58 Å². The Labute approximate surface area is 354 Å². The van der Waals surface area contributed by atoms with Crippen LogP contribution in [0.3, 0.4) is 0 Å². The summed E-state index contributed by atoms with van der Waals surface area (Å²) in [5.41, 5.74) is 6.05. The van der Waals surface area contributed by atoms with Crippen molar-refractivity contribution in [3.05, 3.63) is 24.9 Å². The number of hydrogen-bond donors (Lipinski definition) is 4. The standard InChI is InChI=1S/C33H55N5O4.C12H20N2O2S/c1-7-37-18-11-15-22(37)27(40)35-24(21-13-9-8-10-14-21)28(41)36-25(30(2,3)4)29(42)38-20-33(19-23(38)26(34)39)31(5,6)32(33)16-12-17-32;1-3-11-9-12(11)10(2)13-17(15,16)14-7-5-4-6-8-14/h21-25H,7-20H2,1-6H3,(H2,34,39)(H,35,40)(H,36,41);3,11-13H,1-2,4-9H2/t22-,23-,24?,25+,33+;11-,12-/m01/s1. The van der Waals surface area contributed by atoms with Gasteiger partial charge in [0.25, 0.3) is 0 Å². The number of nitrogens with one attached hydrogen (secondary N) is 3. The molecule has 0 radical (unpaired) electrons. The number of likely N-dealkylation sites (tertiary alicyclic amines) is 2. The molecule has 7 atom stereocenters. The zero-order valence-corrected chi connectivity index (χ0v) is 37.8. The van der Waals surface area contributed by atoms with Crippen LogP contribution in [0.4, 0.5) is 0 Å². The van der Waals surface area contributed by atoms with E-state index in [0.717, 1.165) is 96.6 Å². The minimum absolute atomic E-state index is 0.0362. The molecule has 7 rings (SSSR count). The zero-order valence-electron chi connectivity index (χ0n) is 37.0. The van der Waals surface area contributed by atoms with E-state index < -0.39 is 39.7 Å².